The van der Waals surface area contributed by atoms with Crippen molar-refractivity contribution in [2.75, 3.05) is 0 Å². The molecule has 0 bridgehead atoms. The minimum absolute atomic E-state index is 0. The van der Waals surface area contributed by atoms with Crippen molar-refractivity contribution in [2.45, 2.75) is 64.7 Å². The summed E-state index contributed by atoms with van der Waals surface area (Å²) in [6.45, 7) is 13.5. The van der Waals surface area contributed by atoms with Gasteiger partial charge in [0.2, 0.25) is 0 Å². The van der Waals surface area contributed by atoms with Gasteiger partial charge in [-0.2, -0.15) is 0 Å². The van der Waals surface area contributed by atoms with Gasteiger partial charge in [0.15, 0.2) is 0 Å². The summed E-state index contributed by atoms with van der Waals surface area (Å²) in [5, 5.41) is 7.27. The van der Waals surface area contributed by atoms with Crippen molar-refractivity contribution in [2.24, 2.45) is 0 Å². The van der Waals surface area contributed by atoms with Gasteiger partial charge in [0.05, 0.1) is 0 Å². The molecule has 0 amide bonds. The summed E-state index contributed by atoms with van der Waals surface area (Å²) in [6, 6.07) is 1.03. The highest BCUT2D eigenvalue weighted by molar-refractivity contribution is 5.85. The molecule has 0 saturated carbocycles. The van der Waals surface area contributed by atoms with Gasteiger partial charge < -0.3 is 10.6 Å². The Labute approximate surface area is 100 Å². The number of halogens is 2. The molecule has 1 aliphatic heterocycles. The van der Waals surface area contributed by atoms with Crippen molar-refractivity contribution in [3.63, 3.8) is 0 Å². The molecule has 1 fully saturated rings. The van der Waals surface area contributed by atoms with Crippen molar-refractivity contribution < 1.29 is 0 Å². The number of hydrogen-bond donors (Lipinski definition) is 2. The molecule has 2 nitrogen and oxygen atoms in total. The third kappa shape index (κ3) is 3.27. The highest BCUT2D eigenvalue weighted by atomic mass is 35.5. The smallest absolute Gasteiger partial charge is 0.0278 e. The molecular formula is C10H24Cl2N2. The lowest BCUT2D eigenvalue weighted by molar-refractivity contribution is 0.117. The van der Waals surface area contributed by atoms with Gasteiger partial charge in [-0.25, -0.2) is 0 Å². The van der Waals surface area contributed by atoms with Crippen molar-refractivity contribution >= 4 is 24.8 Å². The molecule has 4 heteroatoms. The number of piperazine rings is 1. The van der Waals surface area contributed by atoms with E-state index < -0.39 is 0 Å². The van der Waals surface area contributed by atoms with Gasteiger partial charge >= 0.3 is 0 Å². The maximum absolute atomic E-state index is 3.63. The summed E-state index contributed by atoms with van der Waals surface area (Å²) < 4.78 is 0. The van der Waals surface area contributed by atoms with Crippen LogP contribution in [0.15, 0.2) is 0 Å². The van der Waals surface area contributed by atoms with Crippen LogP contribution in [0.1, 0.15) is 41.5 Å². The van der Waals surface area contributed by atoms with Crippen LogP contribution in [-0.2, 0) is 0 Å². The SMILES string of the molecule is CC1NC(C)(C)C(C)NC1(C)C.Cl.Cl. The van der Waals surface area contributed by atoms with Crippen LogP contribution in [0.4, 0.5) is 0 Å². The Bertz CT molecular complexity index is 161. The van der Waals surface area contributed by atoms with E-state index in [2.05, 4.69) is 52.2 Å². The third-order valence-electron chi connectivity index (χ3n) is 3.34. The van der Waals surface area contributed by atoms with Gasteiger partial charge in [0.1, 0.15) is 0 Å². The van der Waals surface area contributed by atoms with Gasteiger partial charge in [0.25, 0.3) is 0 Å². The Morgan fingerprint density at radius 3 is 1.14 bits per heavy atom. The molecule has 0 aromatic carbocycles. The Morgan fingerprint density at radius 2 is 0.929 bits per heavy atom. The van der Waals surface area contributed by atoms with E-state index in [0.29, 0.717) is 12.1 Å². The zero-order chi connectivity index (χ0) is 9.57. The Morgan fingerprint density at radius 1 is 0.714 bits per heavy atom. The number of hydrogen-bond acceptors (Lipinski definition) is 2. The molecule has 1 heterocycles. The monoisotopic (exact) mass is 242 g/mol. The summed E-state index contributed by atoms with van der Waals surface area (Å²) in [7, 11) is 0. The first-order chi connectivity index (χ1) is 5.26. The maximum atomic E-state index is 3.63. The molecule has 88 valence electrons. The molecule has 2 unspecified atom stereocenters. The largest absolute Gasteiger partial charge is 0.306 e. The Hall–Kier alpha value is 0.500. The topological polar surface area (TPSA) is 24.1 Å². The number of rotatable bonds is 0. The van der Waals surface area contributed by atoms with E-state index in [9.17, 15) is 0 Å². The first-order valence-electron chi connectivity index (χ1n) is 4.81. The number of nitrogens with one attached hydrogen (secondary N) is 2. The van der Waals surface area contributed by atoms with E-state index in [1.165, 1.54) is 0 Å². The average molecular weight is 243 g/mol. The van der Waals surface area contributed by atoms with Crippen LogP contribution in [-0.4, -0.2) is 23.2 Å². The highest BCUT2D eigenvalue weighted by Crippen LogP contribution is 2.23. The maximum Gasteiger partial charge on any atom is 0.0278 e. The summed E-state index contributed by atoms with van der Waals surface area (Å²) >= 11 is 0. The van der Waals surface area contributed by atoms with Gasteiger partial charge in [-0.05, 0) is 41.5 Å². The summed E-state index contributed by atoms with van der Waals surface area (Å²) in [5.41, 5.74) is 0.407. The normalized spacial score (nSPS) is 33.9. The Balaban J connectivity index is 0. The molecule has 0 spiro atoms. The van der Waals surface area contributed by atoms with E-state index in [1.54, 1.807) is 0 Å². The van der Waals surface area contributed by atoms with Crippen molar-refractivity contribution in [1.82, 2.24) is 10.6 Å². The van der Waals surface area contributed by atoms with Crippen LogP contribution >= 0.6 is 24.8 Å². The predicted octanol–water partition coefficient (Wildman–Crippen LogP) is 2.36. The minimum Gasteiger partial charge on any atom is -0.306 e. The second-order valence-corrected chi connectivity index (χ2v) is 5.18. The van der Waals surface area contributed by atoms with E-state index in [1.807, 2.05) is 0 Å². The second kappa shape index (κ2) is 5.02. The molecule has 1 rings (SSSR count). The van der Waals surface area contributed by atoms with E-state index in [0.717, 1.165) is 0 Å². The van der Waals surface area contributed by atoms with Crippen LogP contribution in [0, 0.1) is 0 Å². The highest BCUT2D eigenvalue weighted by Gasteiger charge is 2.40. The molecule has 0 aliphatic carbocycles. The molecule has 2 atom stereocenters. The molecule has 1 aliphatic rings. The molecule has 0 aromatic heterocycles. The zero-order valence-corrected chi connectivity index (χ0v) is 11.6. The summed E-state index contributed by atoms with van der Waals surface area (Å²) in [4.78, 5) is 0. The first-order valence-corrected chi connectivity index (χ1v) is 4.81. The lowest BCUT2D eigenvalue weighted by Crippen LogP contribution is -2.73. The Kier molecular flexibility index (Phi) is 6.06. The van der Waals surface area contributed by atoms with E-state index in [-0.39, 0.29) is 35.9 Å². The van der Waals surface area contributed by atoms with Crippen LogP contribution in [0.3, 0.4) is 0 Å². The van der Waals surface area contributed by atoms with Crippen LogP contribution in [0.5, 0.6) is 0 Å². The molecule has 1 saturated heterocycles. The van der Waals surface area contributed by atoms with Crippen LogP contribution in [0.25, 0.3) is 0 Å². The van der Waals surface area contributed by atoms with E-state index in [4.69, 9.17) is 0 Å². The molecular weight excluding hydrogens is 219 g/mol. The molecule has 0 radical (unpaired) electrons. The van der Waals surface area contributed by atoms with Crippen LogP contribution < -0.4 is 10.6 Å². The summed E-state index contributed by atoms with van der Waals surface area (Å²) in [5.74, 6) is 0. The molecule has 14 heavy (non-hydrogen) atoms. The lowest BCUT2D eigenvalue weighted by Gasteiger charge is -2.51. The van der Waals surface area contributed by atoms with Gasteiger partial charge in [-0.15, -0.1) is 24.8 Å². The van der Waals surface area contributed by atoms with E-state index >= 15 is 0 Å². The average Bonchev–Trinajstić information content (AvgIpc) is 1.82. The van der Waals surface area contributed by atoms with Gasteiger partial charge in [0, 0.05) is 23.2 Å². The van der Waals surface area contributed by atoms with Gasteiger partial charge in [-0.1, -0.05) is 0 Å². The second-order valence-electron chi connectivity index (χ2n) is 5.18. The standard InChI is InChI=1S/C10H22N2.2ClH/c1-7-9(3,4)12-8(2)10(5,6)11-7;;/h7-8,11-12H,1-6H3;2*1H. The summed E-state index contributed by atoms with van der Waals surface area (Å²) in [6.07, 6.45) is 0. The van der Waals surface area contributed by atoms with Crippen molar-refractivity contribution in [3.8, 4) is 0 Å². The van der Waals surface area contributed by atoms with Crippen molar-refractivity contribution in [3.05, 3.63) is 0 Å². The fourth-order valence-electron chi connectivity index (χ4n) is 1.73. The zero-order valence-electron chi connectivity index (χ0n) is 9.97. The fraction of sp³-hybridized carbons (Fsp3) is 1.00. The first kappa shape index (κ1) is 16.9. The third-order valence-corrected chi connectivity index (χ3v) is 3.34. The predicted molar refractivity (Wildman–Crippen MR) is 67.8 cm³/mol. The quantitative estimate of drug-likeness (QED) is 0.682. The molecule has 2 N–H and O–H groups in total. The molecule has 0 aromatic rings. The van der Waals surface area contributed by atoms with Crippen molar-refractivity contribution in [1.29, 1.82) is 0 Å². The minimum atomic E-state index is 0. The lowest BCUT2D eigenvalue weighted by atomic mass is 9.83. The fourth-order valence-corrected chi connectivity index (χ4v) is 1.73. The van der Waals surface area contributed by atoms with Gasteiger partial charge in [-0.3, -0.25) is 0 Å². The van der Waals surface area contributed by atoms with Crippen LogP contribution in [0.2, 0.25) is 0 Å².